The van der Waals surface area contributed by atoms with Crippen molar-refractivity contribution in [2.45, 2.75) is 33.1 Å². The molecule has 0 radical (unpaired) electrons. The molecule has 1 aromatic rings. The molecule has 5 heteroatoms. The fourth-order valence-electron chi connectivity index (χ4n) is 1.64. The first-order valence-corrected chi connectivity index (χ1v) is 5.02. The van der Waals surface area contributed by atoms with Crippen molar-refractivity contribution in [3.8, 4) is 0 Å². The molecule has 0 saturated carbocycles. The van der Waals surface area contributed by atoms with E-state index in [0.29, 0.717) is 6.54 Å². The van der Waals surface area contributed by atoms with Crippen LogP contribution in [0, 0.1) is 5.41 Å². The maximum Gasteiger partial charge on any atom is 0.175 e. The molecule has 0 aliphatic carbocycles. The molecule has 14 heavy (non-hydrogen) atoms. The quantitative estimate of drug-likeness (QED) is 0.747. The van der Waals surface area contributed by atoms with Crippen molar-refractivity contribution in [3.63, 3.8) is 0 Å². The van der Waals surface area contributed by atoms with Gasteiger partial charge in [0.15, 0.2) is 5.82 Å². The average Bonchev–Trinajstić information content (AvgIpc) is 2.51. The SMILES string of the molecule is CCCC(C)(CN)Cc1nnn(C)n1. The van der Waals surface area contributed by atoms with Crippen molar-refractivity contribution in [3.05, 3.63) is 5.82 Å². The normalized spacial score (nSPS) is 15.4. The third-order valence-corrected chi connectivity index (χ3v) is 2.48. The van der Waals surface area contributed by atoms with Crippen LogP contribution in [0.25, 0.3) is 0 Å². The minimum atomic E-state index is 0.109. The maximum absolute atomic E-state index is 5.76. The van der Waals surface area contributed by atoms with Crippen LogP contribution >= 0.6 is 0 Å². The van der Waals surface area contributed by atoms with Crippen LogP contribution < -0.4 is 5.73 Å². The van der Waals surface area contributed by atoms with E-state index in [0.717, 1.165) is 25.1 Å². The first kappa shape index (κ1) is 11.1. The van der Waals surface area contributed by atoms with Crippen molar-refractivity contribution in [2.75, 3.05) is 6.54 Å². The highest BCUT2D eigenvalue weighted by molar-refractivity contribution is 4.88. The molecule has 1 atom stereocenters. The molecule has 1 rings (SSSR count). The van der Waals surface area contributed by atoms with Crippen LogP contribution in [0.3, 0.4) is 0 Å². The van der Waals surface area contributed by atoms with Gasteiger partial charge in [-0.05, 0) is 23.6 Å². The summed E-state index contributed by atoms with van der Waals surface area (Å²) in [6, 6.07) is 0. The van der Waals surface area contributed by atoms with Gasteiger partial charge in [0.2, 0.25) is 0 Å². The molecule has 0 bridgehead atoms. The Kier molecular flexibility index (Phi) is 3.57. The molecular formula is C9H19N5. The largest absolute Gasteiger partial charge is 0.330 e. The Balaban J connectivity index is 2.64. The summed E-state index contributed by atoms with van der Waals surface area (Å²) >= 11 is 0. The first-order valence-electron chi connectivity index (χ1n) is 5.02. The summed E-state index contributed by atoms with van der Waals surface area (Å²) in [4.78, 5) is 1.48. The van der Waals surface area contributed by atoms with Crippen LogP contribution in [0.15, 0.2) is 0 Å². The molecule has 5 nitrogen and oxygen atoms in total. The molecule has 0 aromatic carbocycles. The maximum atomic E-state index is 5.76. The summed E-state index contributed by atoms with van der Waals surface area (Å²) < 4.78 is 0. The van der Waals surface area contributed by atoms with Crippen molar-refractivity contribution < 1.29 is 0 Å². The second-order valence-electron chi connectivity index (χ2n) is 4.14. The smallest absolute Gasteiger partial charge is 0.175 e. The predicted molar refractivity (Wildman–Crippen MR) is 54.6 cm³/mol. The molecule has 0 aliphatic rings. The minimum absolute atomic E-state index is 0.109. The number of nitrogens with zero attached hydrogens (tertiary/aromatic N) is 4. The van der Waals surface area contributed by atoms with E-state index in [4.69, 9.17) is 5.73 Å². The fraction of sp³-hybridized carbons (Fsp3) is 0.889. The molecule has 0 aliphatic heterocycles. The van der Waals surface area contributed by atoms with E-state index in [1.165, 1.54) is 4.80 Å². The molecule has 1 heterocycles. The van der Waals surface area contributed by atoms with Gasteiger partial charge in [0, 0.05) is 6.42 Å². The van der Waals surface area contributed by atoms with Crippen molar-refractivity contribution in [1.82, 2.24) is 20.2 Å². The highest BCUT2D eigenvalue weighted by Crippen LogP contribution is 2.25. The van der Waals surface area contributed by atoms with Gasteiger partial charge in [-0.1, -0.05) is 20.3 Å². The summed E-state index contributed by atoms with van der Waals surface area (Å²) in [5.41, 5.74) is 5.87. The number of hydrogen-bond donors (Lipinski definition) is 1. The van der Waals surface area contributed by atoms with Gasteiger partial charge in [0.05, 0.1) is 7.05 Å². The lowest BCUT2D eigenvalue weighted by Crippen LogP contribution is -2.30. The van der Waals surface area contributed by atoms with Gasteiger partial charge in [-0.25, -0.2) is 0 Å². The number of hydrogen-bond acceptors (Lipinski definition) is 4. The standard InChI is InChI=1S/C9H19N5/c1-4-5-9(2,7-10)6-8-11-13-14(3)12-8/h4-7,10H2,1-3H3. The Hall–Kier alpha value is -0.970. The lowest BCUT2D eigenvalue weighted by atomic mass is 9.82. The third-order valence-electron chi connectivity index (χ3n) is 2.48. The Morgan fingerprint density at radius 2 is 2.21 bits per heavy atom. The topological polar surface area (TPSA) is 69.6 Å². The van der Waals surface area contributed by atoms with E-state index in [1.54, 1.807) is 7.05 Å². The summed E-state index contributed by atoms with van der Waals surface area (Å²) in [5.74, 6) is 0.786. The zero-order chi connectivity index (χ0) is 10.6. The minimum Gasteiger partial charge on any atom is -0.330 e. The lowest BCUT2D eigenvalue weighted by Gasteiger charge is -2.25. The zero-order valence-electron chi connectivity index (χ0n) is 9.19. The summed E-state index contributed by atoms with van der Waals surface area (Å²) in [6.07, 6.45) is 3.04. The van der Waals surface area contributed by atoms with Gasteiger partial charge in [-0.15, -0.1) is 10.2 Å². The van der Waals surface area contributed by atoms with Gasteiger partial charge in [0.25, 0.3) is 0 Å². The van der Waals surface area contributed by atoms with E-state index in [-0.39, 0.29) is 5.41 Å². The Labute approximate surface area is 84.7 Å². The molecule has 0 saturated heterocycles. The molecule has 80 valence electrons. The molecule has 1 unspecified atom stereocenters. The van der Waals surface area contributed by atoms with Crippen LogP contribution in [0.1, 0.15) is 32.5 Å². The fourth-order valence-corrected chi connectivity index (χ4v) is 1.64. The van der Waals surface area contributed by atoms with E-state index >= 15 is 0 Å². The number of nitrogens with two attached hydrogens (primary N) is 1. The highest BCUT2D eigenvalue weighted by Gasteiger charge is 2.24. The van der Waals surface area contributed by atoms with Gasteiger partial charge < -0.3 is 5.73 Å². The van der Waals surface area contributed by atoms with E-state index in [2.05, 4.69) is 29.3 Å². The molecular weight excluding hydrogens is 178 g/mol. The third kappa shape index (κ3) is 2.77. The van der Waals surface area contributed by atoms with Crippen molar-refractivity contribution >= 4 is 0 Å². The molecule has 0 fully saturated rings. The van der Waals surface area contributed by atoms with E-state index in [9.17, 15) is 0 Å². The summed E-state index contributed by atoms with van der Waals surface area (Å²) in [7, 11) is 1.77. The summed E-state index contributed by atoms with van der Waals surface area (Å²) in [5, 5.41) is 12.0. The number of aryl methyl sites for hydroxylation is 1. The molecule has 0 spiro atoms. The Morgan fingerprint density at radius 3 is 2.64 bits per heavy atom. The lowest BCUT2D eigenvalue weighted by molar-refractivity contribution is 0.296. The van der Waals surface area contributed by atoms with E-state index in [1.807, 2.05) is 0 Å². The molecule has 2 N–H and O–H groups in total. The van der Waals surface area contributed by atoms with Crippen LogP contribution in [-0.2, 0) is 13.5 Å². The van der Waals surface area contributed by atoms with Gasteiger partial charge >= 0.3 is 0 Å². The predicted octanol–water partition coefficient (Wildman–Crippen LogP) is 0.518. The van der Waals surface area contributed by atoms with Gasteiger partial charge in [-0.2, -0.15) is 4.80 Å². The number of tetrazole rings is 1. The van der Waals surface area contributed by atoms with E-state index < -0.39 is 0 Å². The molecule has 0 amide bonds. The molecule has 1 aromatic heterocycles. The van der Waals surface area contributed by atoms with Crippen LogP contribution in [-0.4, -0.2) is 26.8 Å². The van der Waals surface area contributed by atoms with Crippen molar-refractivity contribution in [1.29, 1.82) is 0 Å². The second kappa shape index (κ2) is 4.50. The van der Waals surface area contributed by atoms with Crippen LogP contribution in [0.2, 0.25) is 0 Å². The average molecular weight is 197 g/mol. The second-order valence-corrected chi connectivity index (χ2v) is 4.14. The number of rotatable bonds is 5. The Bertz CT molecular complexity index is 282. The summed E-state index contributed by atoms with van der Waals surface area (Å²) in [6.45, 7) is 5.00. The highest BCUT2D eigenvalue weighted by atomic mass is 15.6. The van der Waals surface area contributed by atoms with Gasteiger partial charge in [-0.3, -0.25) is 0 Å². The van der Waals surface area contributed by atoms with Crippen LogP contribution in [0.5, 0.6) is 0 Å². The zero-order valence-corrected chi connectivity index (χ0v) is 9.19. The monoisotopic (exact) mass is 197 g/mol. The van der Waals surface area contributed by atoms with Crippen LogP contribution in [0.4, 0.5) is 0 Å². The van der Waals surface area contributed by atoms with Gasteiger partial charge in [0.1, 0.15) is 0 Å². The first-order chi connectivity index (χ1) is 6.59. The Morgan fingerprint density at radius 1 is 1.50 bits per heavy atom. The van der Waals surface area contributed by atoms with Crippen molar-refractivity contribution in [2.24, 2.45) is 18.2 Å². The number of aromatic nitrogens is 4.